The molecule has 0 saturated carbocycles. The topological polar surface area (TPSA) is 41.1 Å². The molecule has 0 unspecified atom stereocenters. The first-order valence-corrected chi connectivity index (χ1v) is 8.23. The van der Waals surface area contributed by atoms with Crippen molar-refractivity contribution in [1.29, 1.82) is 0 Å². The van der Waals surface area contributed by atoms with E-state index in [1.807, 2.05) is 24.3 Å². The molecule has 0 aliphatic carbocycles. The average Bonchev–Trinajstić information content (AvgIpc) is 2.53. The quantitative estimate of drug-likeness (QED) is 0.799. The van der Waals surface area contributed by atoms with Crippen LogP contribution in [-0.2, 0) is 4.79 Å². The van der Waals surface area contributed by atoms with Crippen molar-refractivity contribution in [3.63, 3.8) is 0 Å². The van der Waals surface area contributed by atoms with Crippen molar-refractivity contribution in [2.24, 2.45) is 0 Å². The van der Waals surface area contributed by atoms with E-state index in [0.29, 0.717) is 0 Å². The van der Waals surface area contributed by atoms with Crippen molar-refractivity contribution < 1.29 is 4.79 Å². The lowest BCUT2D eigenvalue weighted by atomic mass is 10.0. The summed E-state index contributed by atoms with van der Waals surface area (Å²) in [5, 5.41) is 6.20. The molecule has 3 nitrogen and oxygen atoms in total. The van der Waals surface area contributed by atoms with E-state index >= 15 is 0 Å². The second kappa shape index (κ2) is 7.99. The molecule has 2 aromatic rings. The van der Waals surface area contributed by atoms with Crippen molar-refractivity contribution in [3.8, 4) is 0 Å². The van der Waals surface area contributed by atoms with Crippen LogP contribution in [0.25, 0.3) is 0 Å². The standard InChI is InChI=1S/C18H21BrN2O/c1-3-17(14-6-4-13(2)5-7-14)21-18(22)12-20-16-10-8-15(19)9-11-16/h4-11,17,20H,3,12H2,1-2H3,(H,21,22)/t17-/m0/s1. The van der Waals surface area contributed by atoms with Crippen LogP contribution < -0.4 is 10.6 Å². The molecule has 0 aromatic heterocycles. The van der Waals surface area contributed by atoms with Crippen LogP contribution >= 0.6 is 15.9 Å². The smallest absolute Gasteiger partial charge is 0.239 e. The second-order valence-electron chi connectivity index (χ2n) is 5.30. The summed E-state index contributed by atoms with van der Waals surface area (Å²) in [6.45, 7) is 4.41. The maximum atomic E-state index is 12.1. The van der Waals surface area contributed by atoms with Crippen molar-refractivity contribution in [1.82, 2.24) is 5.32 Å². The fourth-order valence-corrected chi connectivity index (χ4v) is 2.48. The van der Waals surface area contributed by atoms with E-state index in [0.717, 1.165) is 22.1 Å². The Hall–Kier alpha value is -1.81. The Morgan fingerprint density at radius 1 is 1.09 bits per heavy atom. The number of hydrogen-bond donors (Lipinski definition) is 2. The Morgan fingerprint density at radius 2 is 1.73 bits per heavy atom. The van der Waals surface area contributed by atoms with E-state index in [1.54, 1.807) is 0 Å². The molecule has 1 amide bonds. The lowest BCUT2D eigenvalue weighted by Gasteiger charge is -2.18. The normalized spacial score (nSPS) is 11.8. The molecule has 0 aliphatic rings. The minimum atomic E-state index is -0.00431. The Labute approximate surface area is 140 Å². The van der Waals surface area contributed by atoms with E-state index in [1.165, 1.54) is 5.56 Å². The van der Waals surface area contributed by atoms with Gasteiger partial charge in [-0.05, 0) is 43.2 Å². The Morgan fingerprint density at radius 3 is 2.32 bits per heavy atom. The number of nitrogens with one attached hydrogen (secondary N) is 2. The molecule has 0 bridgehead atoms. The van der Waals surface area contributed by atoms with E-state index in [4.69, 9.17) is 0 Å². The van der Waals surface area contributed by atoms with Gasteiger partial charge in [-0.2, -0.15) is 0 Å². The maximum Gasteiger partial charge on any atom is 0.239 e. The highest BCUT2D eigenvalue weighted by atomic mass is 79.9. The zero-order valence-corrected chi connectivity index (χ0v) is 14.5. The minimum absolute atomic E-state index is 0.00431. The van der Waals surface area contributed by atoms with Gasteiger partial charge in [0, 0.05) is 10.2 Å². The lowest BCUT2D eigenvalue weighted by Crippen LogP contribution is -2.33. The fraction of sp³-hybridized carbons (Fsp3) is 0.278. The molecule has 0 heterocycles. The molecule has 0 fully saturated rings. The van der Waals surface area contributed by atoms with Gasteiger partial charge in [0.1, 0.15) is 0 Å². The molecule has 116 valence electrons. The summed E-state index contributed by atoms with van der Waals surface area (Å²) in [4.78, 5) is 12.1. The van der Waals surface area contributed by atoms with Crippen molar-refractivity contribution in [3.05, 3.63) is 64.1 Å². The summed E-state index contributed by atoms with van der Waals surface area (Å²) < 4.78 is 1.02. The number of hydrogen-bond acceptors (Lipinski definition) is 2. The van der Waals surface area contributed by atoms with Gasteiger partial charge < -0.3 is 10.6 Å². The van der Waals surface area contributed by atoms with Crippen LogP contribution in [0.4, 0.5) is 5.69 Å². The van der Waals surface area contributed by atoms with Crippen LogP contribution in [0.3, 0.4) is 0 Å². The zero-order chi connectivity index (χ0) is 15.9. The Kier molecular flexibility index (Phi) is 6.01. The third kappa shape index (κ3) is 4.88. The highest BCUT2D eigenvalue weighted by Gasteiger charge is 2.12. The lowest BCUT2D eigenvalue weighted by molar-refractivity contribution is -0.120. The molecule has 0 spiro atoms. The monoisotopic (exact) mass is 360 g/mol. The Balaban J connectivity index is 1.89. The van der Waals surface area contributed by atoms with Gasteiger partial charge in [-0.15, -0.1) is 0 Å². The maximum absolute atomic E-state index is 12.1. The van der Waals surface area contributed by atoms with Gasteiger partial charge in [0.2, 0.25) is 5.91 Å². The van der Waals surface area contributed by atoms with Gasteiger partial charge in [-0.1, -0.05) is 52.7 Å². The van der Waals surface area contributed by atoms with Gasteiger partial charge >= 0.3 is 0 Å². The first-order chi connectivity index (χ1) is 10.6. The van der Waals surface area contributed by atoms with Gasteiger partial charge in [-0.25, -0.2) is 0 Å². The number of carbonyl (C=O) groups is 1. The van der Waals surface area contributed by atoms with Gasteiger partial charge in [0.15, 0.2) is 0 Å². The molecule has 2 aromatic carbocycles. The summed E-state index contributed by atoms with van der Waals surface area (Å²) in [7, 11) is 0. The van der Waals surface area contributed by atoms with Crippen LogP contribution in [0.1, 0.15) is 30.5 Å². The highest BCUT2D eigenvalue weighted by Crippen LogP contribution is 2.17. The summed E-state index contributed by atoms with van der Waals surface area (Å²) >= 11 is 3.39. The number of halogens is 1. The number of aryl methyl sites for hydroxylation is 1. The predicted molar refractivity (Wildman–Crippen MR) is 95.0 cm³/mol. The number of amides is 1. The second-order valence-corrected chi connectivity index (χ2v) is 6.22. The molecule has 22 heavy (non-hydrogen) atoms. The number of benzene rings is 2. The molecule has 2 rings (SSSR count). The molecule has 0 aliphatic heterocycles. The SMILES string of the molecule is CC[C@H](NC(=O)CNc1ccc(Br)cc1)c1ccc(C)cc1. The van der Waals surface area contributed by atoms with Crippen LogP contribution in [-0.4, -0.2) is 12.5 Å². The Bertz CT molecular complexity index is 608. The van der Waals surface area contributed by atoms with Crippen LogP contribution in [0.15, 0.2) is 53.0 Å². The molecular weight excluding hydrogens is 340 g/mol. The third-order valence-electron chi connectivity index (χ3n) is 3.52. The molecule has 1 atom stereocenters. The first kappa shape index (κ1) is 16.6. The zero-order valence-electron chi connectivity index (χ0n) is 12.9. The van der Waals surface area contributed by atoms with Crippen LogP contribution in [0.5, 0.6) is 0 Å². The van der Waals surface area contributed by atoms with E-state index in [-0.39, 0.29) is 18.5 Å². The molecule has 4 heteroatoms. The van der Waals surface area contributed by atoms with Crippen molar-refractivity contribution >= 4 is 27.5 Å². The third-order valence-corrected chi connectivity index (χ3v) is 4.05. The number of carbonyl (C=O) groups excluding carboxylic acids is 1. The van der Waals surface area contributed by atoms with Crippen LogP contribution in [0.2, 0.25) is 0 Å². The molecule has 2 N–H and O–H groups in total. The largest absolute Gasteiger partial charge is 0.376 e. The molecule has 0 saturated heterocycles. The number of rotatable bonds is 6. The summed E-state index contributed by atoms with van der Waals surface area (Å²) in [5.41, 5.74) is 3.30. The molecular formula is C18H21BrN2O. The fourth-order valence-electron chi connectivity index (χ4n) is 2.22. The number of anilines is 1. The van der Waals surface area contributed by atoms with E-state index < -0.39 is 0 Å². The van der Waals surface area contributed by atoms with Crippen molar-refractivity contribution in [2.45, 2.75) is 26.3 Å². The van der Waals surface area contributed by atoms with E-state index in [2.05, 4.69) is 64.7 Å². The summed E-state index contributed by atoms with van der Waals surface area (Å²) in [6, 6.07) is 16.1. The summed E-state index contributed by atoms with van der Waals surface area (Å²) in [5.74, 6) is -0.00431. The average molecular weight is 361 g/mol. The van der Waals surface area contributed by atoms with Crippen molar-refractivity contribution in [2.75, 3.05) is 11.9 Å². The van der Waals surface area contributed by atoms with E-state index in [9.17, 15) is 4.79 Å². The predicted octanol–water partition coefficient (Wildman–Crippen LogP) is 4.44. The first-order valence-electron chi connectivity index (χ1n) is 7.44. The van der Waals surface area contributed by atoms with Gasteiger partial charge in [0.05, 0.1) is 12.6 Å². The van der Waals surface area contributed by atoms with Gasteiger partial charge in [-0.3, -0.25) is 4.79 Å². The highest BCUT2D eigenvalue weighted by molar-refractivity contribution is 9.10. The molecule has 0 radical (unpaired) electrons. The minimum Gasteiger partial charge on any atom is -0.376 e. The summed E-state index contributed by atoms with van der Waals surface area (Å²) in [6.07, 6.45) is 0.868. The van der Waals surface area contributed by atoms with Gasteiger partial charge in [0.25, 0.3) is 0 Å². The van der Waals surface area contributed by atoms with Crippen LogP contribution in [0, 0.1) is 6.92 Å².